The molecule has 0 spiro atoms. The zero-order valence-corrected chi connectivity index (χ0v) is 15.8. The van der Waals surface area contributed by atoms with Crippen molar-refractivity contribution < 1.29 is 17.9 Å². The zero-order chi connectivity index (χ0) is 18.2. The van der Waals surface area contributed by atoms with Crippen LogP contribution in [0.1, 0.15) is 31.9 Å². The van der Waals surface area contributed by atoms with Crippen LogP contribution in [0.5, 0.6) is 11.5 Å². The number of halogens is 1. The van der Waals surface area contributed by atoms with Gasteiger partial charge in [0, 0.05) is 12.0 Å². The second kappa shape index (κ2) is 6.52. The van der Waals surface area contributed by atoms with Crippen LogP contribution in [0.4, 0.5) is 0 Å². The highest BCUT2D eigenvalue weighted by Crippen LogP contribution is 2.40. The van der Waals surface area contributed by atoms with Gasteiger partial charge in [-0.05, 0) is 38.1 Å². The van der Waals surface area contributed by atoms with Gasteiger partial charge >= 0.3 is 0 Å². The standard InChI is InChI=1S/C18H20ClNO4S/c1-18(2)11-15(13-6-4-5-7-16(13)24-18)20-25(21,22)12-8-9-17(23-3)14(19)10-12/h4-10,15,20H,11H2,1-3H3/t15-/m0/s1. The van der Waals surface area contributed by atoms with Gasteiger partial charge < -0.3 is 9.47 Å². The Bertz CT molecular complexity index is 896. The molecule has 0 saturated carbocycles. The van der Waals surface area contributed by atoms with Crippen LogP contribution in [-0.2, 0) is 10.0 Å². The lowest BCUT2D eigenvalue weighted by Gasteiger charge is -2.37. The van der Waals surface area contributed by atoms with E-state index >= 15 is 0 Å². The Morgan fingerprint density at radius 2 is 1.96 bits per heavy atom. The number of rotatable bonds is 4. The first kappa shape index (κ1) is 18.0. The van der Waals surface area contributed by atoms with Crippen LogP contribution in [0, 0.1) is 0 Å². The van der Waals surface area contributed by atoms with Gasteiger partial charge in [0.15, 0.2) is 0 Å². The first-order valence-corrected chi connectivity index (χ1v) is 9.72. The number of sulfonamides is 1. The van der Waals surface area contributed by atoms with Crippen LogP contribution in [0.3, 0.4) is 0 Å². The van der Waals surface area contributed by atoms with E-state index in [-0.39, 0.29) is 16.0 Å². The lowest BCUT2D eigenvalue weighted by atomic mass is 9.90. The molecular weight excluding hydrogens is 362 g/mol. The number of nitrogens with one attached hydrogen (secondary N) is 1. The van der Waals surface area contributed by atoms with Gasteiger partial charge in [-0.2, -0.15) is 0 Å². The van der Waals surface area contributed by atoms with E-state index in [0.29, 0.717) is 17.9 Å². The summed E-state index contributed by atoms with van der Waals surface area (Å²) >= 11 is 6.07. The third kappa shape index (κ3) is 3.76. The van der Waals surface area contributed by atoms with Crippen molar-refractivity contribution in [2.24, 2.45) is 0 Å². The first-order valence-electron chi connectivity index (χ1n) is 7.86. The minimum atomic E-state index is -3.75. The van der Waals surface area contributed by atoms with Gasteiger partial charge in [-0.3, -0.25) is 0 Å². The summed E-state index contributed by atoms with van der Waals surface area (Å²) in [4.78, 5) is 0.0973. The predicted molar refractivity (Wildman–Crippen MR) is 96.8 cm³/mol. The molecule has 0 saturated heterocycles. The van der Waals surface area contributed by atoms with E-state index < -0.39 is 15.6 Å². The molecular formula is C18H20ClNO4S. The van der Waals surface area contributed by atoms with E-state index in [2.05, 4.69) is 4.72 Å². The molecule has 2 aromatic carbocycles. The zero-order valence-electron chi connectivity index (χ0n) is 14.2. The molecule has 0 aromatic heterocycles. The number of fused-ring (bicyclic) bond motifs is 1. The number of para-hydroxylation sites is 1. The van der Waals surface area contributed by atoms with E-state index in [0.717, 1.165) is 5.56 Å². The van der Waals surface area contributed by atoms with Crippen molar-refractivity contribution in [1.29, 1.82) is 0 Å². The van der Waals surface area contributed by atoms with E-state index in [1.165, 1.54) is 19.2 Å². The Morgan fingerprint density at radius 3 is 2.64 bits per heavy atom. The maximum absolute atomic E-state index is 12.8. The molecule has 1 heterocycles. The van der Waals surface area contributed by atoms with Crippen molar-refractivity contribution in [1.82, 2.24) is 4.72 Å². The quantitative estimate of drug-likeness (QED) is 0.871. The van der Waals surface area contributed by atoms with Gasteiger partial charge in [0.25, 0.3) is 0 Å². The second-order valence-corrected chi connectivity index (χ2v) is 8.70. The molecule has 1 aliphatic rings. The molecule has 1 N–H and O–H groups in total. The van der Waals surface area contributed by atoms with Crippen molar-refractivity contribution in [2.45, 2.75) is 36.8 Å². The summed E-state index contributed by atoms with van der Waals surface area (Å²) in [5, 5.41) is 0.248. The molecule has 0 aliphatic carbocycles. The molecule has 0 unspecified atom stereocenters. The van der Waals surface area contributed by atoms with Crippen LogP contribution in [-0.4, -0.2) is 21.1 Å². The lowest BCUT2D eigenvalue weighted by molar-refractivity contribution is 0.0702. The van der Waals surface area contributed by atoms with Crippen molar-refractivity contribution in [2.75, 3.05) is 7.11 Å². The van der Waals surface area contributed by atoms with E-state index in [9.17, 15) is 8.42 Å². The van der Waals surface area contributed by atoms with Crippen LogP contribution in [0.15, 0.2) is 47.4 Å². The van der Waals surface area contributed by atoms with Crippen LogP contribution in [0.2, 0.25) is 5.02 Å². The Labute approximate surface area is 153 Å². The van der Waals surface area contributed by atoms with Gasteiger partial charge in [0.2, 0.25) is 10.0 Å². The smallest absolute Gasteiger partial charge is 0.241 e. The Morgan fingerprint density at radius 1 is 1.24 bits per heavy atom. The maximum Gasteiger partial charge on any atom is 0.241 e. The first-order chi connectivity index (χ1) is 11.7. The molecule has 1 aliphatic heterocycles. The number of ether oxygens (including phenoxy) is 2. The van der Waals surface area contributed by atoms with Crippen molar-refractivity contribution >= 4 is 21.6 Å². The second-order valence-electron chi connectivity index (χ2n) is 6.57. The molecule has 3 rings (SSSR count). The predicted octanol–water partition coefficient (Wildman–Crippen LogP) is 3.93. The van der Waals surface area contributed by atoms with Crippen molar-refractivity contribution in [3.63, 3.8) is 0 Å². The molecule has 0 radical (unpaired) electrons. The summed E-state index contributed by atoms with van der Waals surface area (Å²) in [6, 6.07) is 11.5. The Balaban J connectivity index is 1.94. The molecule has 2 aromatic rings. The summed E-state index contributed by atoms with van der Waals surface area (Å²) in [7, 11) is -2.27. The average molecular weight is 382 g/mol. The number of benzene rings is 2. The minimum absolute atomic E-state index is 0.0973. The molecule has 7 heteroatoms. The fourth-order valence-corrected chi connectivity index (χ4v) is 4.54. The molecule has 0 bridgehead atoms. The summed E-state index contributed by atoms with van der Waals surface area (Å²) in [5.41, 5.74) is 0.351. The Kier molecular flexibility index (Phi) is 4.70. The van der Waals surface area contributed by atoms with Crippen LogP contribution < -0.4 is 14.2 Å². The summed E-state index contributed by atoms with van der Waals surface area (Å²) in [5.74, 6) is 1.12. The lowest BCUT2D eigenvalue weighted by Crippen LogP contribution is -2.41. The fourth-order valence-electron chi connectivity index (χ4n) is 2.98. The van der Waals surface area contributed by atoms with Gasteiger partial charge in [0.05, 0.1) is 23.1 Å². The summed E-state index contributed by atoms with van der Waals surface area (Å²) in [6.45, 7) is 3.88. The highest BCUT2D eigenvalue weighted by Gasteiger charge is 2.36. The van der Waals surface area contributed by atoms with Crippen LogP contribution >= 0.6 is 11.6 Å². The fraction of sp³-hybridized carbons (Fsp3) is 0.333. The molecule has 134 valence electrons. The molecule has 0 fully saturated rings. The topological polar surface area (TPSA) is 64.6 Å². The van der Waals surface area contributed by atoms with E-state index in [4.69, 9.17) is 21.1 Å². The van der Waals surface area contributed by atoms with Gasteiger partial charge in [0.1, 0.15) is 17.1 Å². The van der Waals surface area contributed by atoms with Gasteiger partial charge in [-0.15, -0.1) is 0 Å². The third-order valence-electron chi connectivity index (χ3n) is 4.11. The van der Waals surface area contributed by atoms with Crippen molar-refractivity contribution in [3.8, 4) is 11.5 Å². The van der Waals surface area contributed by atoms with Gasteiger partial charge in [-0.1, -0.05) is 29.8 Å². The maximum atomic E-state index is 12.8. The summed E-state index contributed by atoms with van der Waals surface area (Å²) < 4.78 is 39.4. The van der Waals surface area contributed by atoms with E-state index in [1.807, 2.05) is 38.1 Å². The molecule has 25 heavy (non-hydrogen) atoms. The number of hydrogen-bond donors (Lipinski definition) is 1. The normalized spacial score (nSPS) is 19.0. The largest absolute Gasteiger partial charge is 0.495 e. The molecule has 0 amide bonds. The minimum Gasteiger partial charge on any atom is -0.495 e. The van der Waals surface area contributed by atoms with Crippen molar-refractivity contribution in [3.05, 3.63) is 53.1 Å². The van der Waals surface area contributed by atoms with Crippen LogP contribution in [0.25, 0.3) is 0 Å². The molecule has 1 atom stereocenters. The highest BCUT2D eigenvalue weighted by atomic mass is 35.5. The highest BCUT2D eigenvalue weighted by molar-refractivity contribution is 7.89. The third-order valence-corrected chi connectivity index (χ3v) is 5.87. The SMILES string of the molecule is COc1ccc(S(=O)(=O)N[C@H]2CC(C)(C)Oc3ccccc32)cc1Cl. The number of hydrogen-bond acceptors (Lipinski definition) is 4. The average Bonchev–Trinajstić information content (AvgIpc) is 2.53. The summed E-state index contributed by atoms with van der Waals surface area (Å²) in [6.07, 6.45) is 0.521. The molecule has 5 nitrogen and oxygen atoms in total. The monoisotopic (exact) mass is 381 g/mol. The number of methoxy groups -OCH3 is 1. The Hall–Kier alpha value is -1.76. The van der Waals surface area contributed by atoms with Gasteiger partial charge in [-0.25, -0.2) is 13.1 Å². The van der Waals surface area contributed by atoms with E-state index in [1.54, 1.807) is 6.07 Å².